The van der Waals surface area contributed by atoms with Crippen molar-refractivity contribution in [1.29, 1.82) is 0 Å². The molecule has 0 aromatic heterocycles. The Kier molecular flexibility index (Phi) is 5.41. The summed E-state index contributed by atoms with van der Waals surface area (Å²) in [5.74, 6) is 0. The van der Waals surface area contributed by atoms with Gasteiger partial charge in [-0.15, -0.1) is 0 Å². The molecule has 0 saturated carbocycles. The molecule has 1 saturated heterocycles. The number of hydrogen-bond acceptors (Lipinski definition) is 2. The zero-order valence-corrected chi connectivity index (χ0v) is 12.5. The van der Waals surface area contributed by atoms with E-state index in [1.165, 1.54) is 36.0 Å². The Morgan fingerprint density at radius 3 is 2.84 bits per heavy atom. The minimum absolute atomic E-state index is 0.334. The van der Waals surface area contributed by atoms with Crippen LogP contribution in [0, 0.1) is 13.8 Å². The Morgan fingerprint density at radius 2 is 2.16 bits per heavy atom. The van der Waals surface area contributed by atoms with Gasteiger partial charge in [0.1, 0.15) is 0 Å². The first-order chi connectivity index (χ1) is 9.22. The Hall–Kier alpha value is -0.860. The lowest BCUT2D eigenvalue weighted by Crippen LogP contribution is -2.36. The molecular formula is C17H27NO. The van der Waals surface area contributed by atoms with Crippen molar-refractivity contribution in [2.24, 2.45) is 0 Å². The van der Waals surface area contributed by atoms with Gasteiger partial charge in [-0.25, -0.2) is 0 Å². The van der Waals surface area contributed by atoms with Gasteiger partial charge in [0.15, 0.2) is 0 Å². The van der Waals surface area contributed by atoms with Gasteiger partial charge in [0.05, 0.1) is 12.1 Å². The van der Waals surface area contributed by atoms with Gasteiger partial charge in [-0.3, -0.25) is 0 Å². The van der Waals surface area contributed by atoms with Crippen LogP contribution in [-0.2, 0) is 4.74 Å². The van der Waals surface area contributed by atoms with E-state index in [9.17, 15) is 0 Å². The molecule has 2 nitrogen and oxygen atoms in total. The van der Waals surface area contributed by atoms with Crippen LogP contribution in [0.5, 0.6) is 0 Å². The molecule has 2 rings (SSSR count). The van der Waals surface area contributed by atoms with Gasteiger partial charge in [-0.2, -0.15) is 0 Å². The van der Waals surface area contributed by atoms with Crippen LogP contribution in [0.15, 0.2) is 18.2 Å². The van der Waals surface area contributed by atoms with Crippen molar-refractivity contribution in [2.45, 2.75) is 58.6 Å². The van der Waals surface area contributed by atoms with Crippen molar-refractivity contribution in [3.8, 4) is 0 Å². The number of ether oxygens (including phenoxy) is 1. The topological polar surface area (TPSA) is 21.3 Å². The van der Waals surface area contributed by atoms with Crippen LogP contribution < -0.4 is 5.32 Å². The second kappa shape index (κ2) is 7.06. The molecule has 0 aliphatic carbocycles. The van der Waals surface area contributed by atoms with Gasteiger partial charge in [0.25, 0.3) is 0 Å². The fourth-order valence-corrected chi connectivity index (χ4v) is 2.86. The predicted molar refractivity (Wildman–Crippen MR) is 80.5 cm³/mol. The highest BCUT2D eigenvalue weighted by Gasteiger charge is 2.26. The van der Waals surface area contributed by atoms with E-state index in [4.69, 9.17) is 4.74 Å². The van der Waals surface area contributed by atoms with Crippen LogP contribution in [-0.4, -0.2) is 19.3 Å². The maximum absolute atomic E-state index is 6.02. The maximum Gasteiger partial charge on any atom is 0.0769 e. The molecule has 1 N–H and O–H groups in total. The molecule has 1 aromatic carbocycles. The highest BCUT2D eigenvalue weighted by Crippen LogP contribution is 2.29. The van der Waals surface area contributed by atoms with Crippen molar-refractivity contribution in [3.05, 3.63) is 34.9 Å². The largest absolute Gasteiger partial charge is 0.376 e. The van der Waals surface area contributed by atoms with E-state index in [1.807, 2.05) is 0 Å². The molecule has 0 spiro atoms. The lowest BCUT2D eigenvalue weighted by Gasteiger charge is -2.32. The van der Waals surface area contributed by atoms with E-state index in [0.717, 1.165) is 19.6 Å². The molecular weight excluding hydrogens is 234 g/mol. The lowest BCUT2D eigenvalue weighted by molar-refractivity contribution is -0.00829. The highest BCUT2D eigenvalue weighted by atomic mass is 16.5. The van der Waals surface area contributed by atoms with Gasteiger partial charge >= 0.3 is 0 Å². The third-order valence-corrected chi connectivity index (χ3v) is 3.97. The van der Waals surface area contributed by atoms with Crippen molar-refractivity contribution in [1.82, 2.24) is 5.32 Å². The van der Waals surface area contributed by atoms with Crippen LogP contribution in [0.2, 0.25) is 0 Å². The van der Waals surface area contributed by atoms with Crippen LogP contribution in [0.4, 0.5) is 0 Å². The molecule has 106 valence electrons. The molecule has 19 heavy (non-hydrogen) atoms. The maximum atomic E-state index is 6.02. The van der Waals surface area contributed by atoms with Gasteiger partial charge in [0.2, 0.25) is 0 Å². The molecule has 1 heterocycles. The Labute approximate surface area is 117 Å². The summed E-state index contributed by atoms with van der Waals surface area (Å²) in [7, 11) is 0. The molecule has 1 fully saturated rings. The normalized spacial score (nSPS) is 21.3. The Morgan fingerprint density at radius 1 is 1.32 bits per heavy atom. The van der Waals surface area contributed by atoms with E-state index in [1.54, 1.807) is 0 Å². The molecule has 0 bridgehead atoms. The second-order valence-corrected chi connectivity index (χ2v) is 5.70. The molecule has 1 aromatic rings. The van der Waals surface area contributed by atoms with Crippen molar-refractivity contribution >= 4 is 0 Å². The Bertz CT molecular complexity index is 396. The SMILES string of the molecule is CCCNC(c1cc(C)ccc1C)C1CCCCO1. The summed E-state index contributed by atoms with van der Waals surface area (Å²) in [6.45, 7) is 8.56. The van der Waals surface area contributed by atoms with E-state index in [-0.39, 0.29) is 0 Å². The monoisotopic (exact) mass is 261 g/mol. The summed E-state index contributed by atoms with van der Waals surface area (Å²) in [6, 6.07) is 7.09. The first-order valence-corrected chi connectivity index (χ1v) is 7.64. The minimum atomic E-state index is 0.334. The average Bonchev–Trinajstić information content (AvgIpc) is 2.44. The molecule has 0 radical (unpaired) electrons. The number of hydrogen-bond donors (Lipinski definition) is 1. The lowest BCUT2D eigenvalue weighted by atomic mass is 9.91. The van der Waals surface area contributed by atoms with Gasteiger partial charge in [-0.05, 0) is 57.2 Å². The number of benzene rings is 1. The molecule has 2 atom stereocenters. The van der Waals surface area contributed by atoms with Gasteiger partial charge < -0.3 is 10.1 Å². The van der Waals surface area contributed by atoms with Gasteiger partial charge in [0, 0.05) is 6.61 Å². The fourth-order valence-electron chi connectivity index (χ4n) is 2.86. The predicted octanol–water partition coefficient (Wildman–Crippen LogP) is 3.91. The van der Waals surface area contributed by atoms with Crippen LogP contribution in [0.1, 0.15) is 55.3 Å². The van der Waals surface area contributed by atoms with E-state index >= 15 is 0 Å². The first kappa shape index (κ1) is 14.5. The van der Waals surface area contributed by atoms with Crippen LogP contribution in [0.3, 0.4) is 0 Å². The standard InChI is InChI=1S/C17H27NO/c1-4-10-18-17(16-7-5-6-11-19-16)15-12-13(2)8-9-14(15)3/h8-9,12,16-18H,4-7,10-11H2,1-3H3. The van der Waals surface area contributed by atoms with Gasteiger partial charge in [-0.1, -0.05) is 30.7 Å². The van der Waals surface area contributed by atoms with E-state index in [0.29, 0.717) is 12.1 Å². The summed E-state index contributed by atoms with van der Waals surface area (Å²) in [5.41, 5.74) is 4.12. The number of aryl methyl sites for hydroxylation is 2. The van der Waals surface area contributed by atoms with E-state index < -0.39 is 0 Å². The molecule has 1 aliphatic rings. The first-order valence-electron chi connectivity index (χ1n) is 7.64. The minimum Gasteiger partial charge on any atom is -0.376 e. The summed E-state index contributed by atoms with van der Waals surface area (Å²) >= 11 is 0. The summed E-state index contributed by atoms with van der Waals surface area (Å²) in [4.78, 5) is 0. The molecule has 0 amide bonds. The quantitative estimate of drug-likeness (QED) is 0.867. The fraction of sp³-hybridized carbons (Fsp3) is 0.647. The van der Waals surface area contributed by atoms with E-state index in [2.05, 4.69) is 44.3 Å². The zero-order chi connectivity index (χ0) is 13.7. The average molecular weight is 261 g/mol. The molecule has 2 heteroatoms. The third kappa shape index (κ3) is 3.80. The van der Waals surface area contributed by atoms with Crippen molar-refractivity contribution in [2.75, 3.05) is 13.2 Å². The van der Waals surface area contributed by atoms with Crippen LogP contribution in [0.25, 0.3) is 0 Å². The zero-order valence-electron chi connectivity index (χ0n) is 12.5. The highest BCUT2D eigenvalue weighted by molar-refractivity contribution is 5.33. The molecule has 2 unspecified atom stereocenters. The summed E-state index contributed by atoms with van der Waals surface area (Å²) in [6.07, 6.45) is 5.17. The number of rotatable bonds is 5. The van der Waals surface area contributed by atoms with Crippen molar-refractivity contribution in [3.63, 3.8) is 0 Å². The summed E-state index contributed by atoms with van der Waals surface area (Å²) < 4.78 is 6.02. The summed E-state index contributed by atoms with van der Waals surface area (Å²) in [5, 5.41) is 3.70. The number of nitrogens with one attached hydrogen (secondary N) is 1. The second-order valence-electron chi connectivity index (χ2n) is 5.70. The molecule has 1 aliphatic heterocycles. The Balaban J connectivity index is 2.22. The van der Waals surface area contributed by atoms with Crippen molar-refractivity contribution < 1.29 is 4.74 Å². The smallest absolute Gasteiger partial charge is 0.0769 e. The van der Waals surface area contributed by atoms with Crippen LogP contribution >= 0.6 is 0 Å². The third-order valence-electron chi connectivity index (χ3n) is 3.97.